The lowest BCUT2D eigenvalue weighted by Crippen LogP contribution is -2.42. The maximum Gasteiger partial charge on any atom is 0.310 e. The smallest absolute Gasteiger partial charge is 0.310 e. The summed E-state index contributed by atoms with van der Waals surface area (Å²) in [6.07, 6.45) is 3.59. The van der Waals surface area contributed by atoms with E-state index in [0.29, 0.717) is 23.6 Å². The molecule has 3 atom stereocenters. The second-order valence-corrected chi connectivity index (χ2v) is 5.68. The van der Waals surface area contributed by atoms with Crippen LogP contribution in [0.5, 0.6) is 5.75 Å². The summed E-state index contributed by atoms with van der Waals surface area (Å²) in [4.78, 5) is 23.0. The van der Waals surface area contributed by atoms with Gasteiger partial charge in [-0.05, 0) is 30.2 Å². The highest BCUT2D eigenvalue weighted by Gasteiger charge is 2.32. The van der Waals surface area contributed by atoms with Gasteiger partial charge in [0.2, 0.25) is 0 Å². The summed E-state index contributed by atoms with van der Waals surface area (Å²) in [6.45, 7) is 0. The Bertz CT molecular complexity index is 628. The van der Waals surface area contributed by atoms with Gasteiger partial charge in [0.25, 0.3) is 5.91 Å². The molecule has 1 aliphatic carbocycles. The molecule has 0 bridgehead atoms. The molecule has 1 aromatic rings. The standard InChI is InChI=1S/C15H14ClNO4/c16-10-2-4-12-9(5-10)7-13(21-12)14(18)17-11-3-1-8(6-11)15(19)20/h1-5,8,11,13H,6-7H2,(H,17,18)(H,19,20). The minimum Gasteiger partial charge on any atom is -0.481 e. The molecule has 0 spiro atoms. The van der Waals surface area contributed by atoms with Gasteiger partial charge in [0.1, 0.15) is 5.75 Å². The average molecular weight is 308 g/mol. The number of rotatable bonds is 3. The molecule has 0 saturated carbocycles. The van der Waals surface area contributed by atoms with Gasteiger partial charge in [0.05, 0.1) is 5.92 Å². The minimum atomic E-state index is -0.873. The highest BCUT2D eigenvalue weighted by molar-refractivity contribution is 6.30. The van der Waals surface area contributed by atoms with Crippen LogP contribution in [0.2, 0.25) is 5.02 Å². The molecule has 6 heteroatoms. The molecule has 0 saturated heterocycles. The molecule has 0 aromatic heterocycles. The fraction of sp³-hybridized carbons (Fsp3) is 0.333. The predicted octanol–water partition coefficient (Wildman–Crippen LogP) is 1.79. The summed E-state index contributed by atoms with van der Waals surface area (Å²) in [7, 11) is 0. The van der Waals surface area contributed by atoms with Gasteiger partial charge in [-0.3, -0.25) is 9.59 Å². The van der Waals surface area contributed by atoms with E-state index in [2.05, 4.69) is 5.32 Å². The maximum absolute atomic E-state index is 12.2. The molecular formula is C15H14ClNO4. The number of ether oxygens (including phenoxy) is 1. The van der Waals surface area contributed by atoms with Crippen molar-refractivity contribution < 1.29 is 19.4 Å². The van der Waals surface area contributed by atoms with Gasteiger partial charge >= 0.3 is 5.97 Å². The maximum atomic E-state index is 12.2. The van der Waals surface area contributed by atoms with Crippen molar-refractivity contribution in [1.82, 2.24) is 5.32 Å². The van der Waals surface area contributed by atoms with Crippen LogP contribution in [0.4, 0.5) is 0 Å². The number of benzene rings is 1. The summed E-state index contributed by atoms with van der Waals surface area (Å²) in [5, 5.41) is 12.3. The number of hydrogen-bond donors (Lipinski definition) is 2. The molecule has 0 radical (unpaired) electrons. The number of carbonyl (C=O) groups is 2. The Balaban J connectivity index is 1.59. The zero-order valence-electron chi connectivity index (χ0n) is 11.1. The number of fused-ring (bicyclic) bond motifs is 1. The topological polar surface area (TPSA) is 75.6 Å². The number of halogens is 1. The molecule has 21 heavy (non-hydrogen) atoms. The van der Waals surface area contributed by atoms with Crippen molar-refractivity contribution in [2.45, 2.75) is 25.0 Å². The quantitative estimate of drug-likeness (QED) is 0.835. The summed E-state index contributed by atoms with van der Waals surface area (Å²) in [5.41, 5.74) is 0.910. The van der Waals surface area contributed by atoms with Crippen molar-refractivity contribution in [1.29, 1.82) is 0 Å². The first-order chi connectivity index (χ1) is 10.0. The summed E-state index contributed by atoms with van der Waals surface area (Å²) >= 11 is 5.91. The normalized spacial score (nSPS) is 26.2. The zero-order chi connectivity index (χ0) is 15.0. The Kier molecular flexibility index (Phi) is 3.59. The van der Waals surface area contributed by atoms with Crippen molar-refractivity contribution in [3.8, 4) is 5.75 Å². The van der Waals surface area contributed by atoms with E-state index in [1.807, 2.05) is 0 Å². The van der Waals surface area contributed by atoms with Crippen LogP contribution in [-0.2, 0) is 16.0 Å². The lowest BCUT2D eigenvalue weighted by molar-refractivity contribution is -0.140. The van der Waals surface area contributed by atoms with E-state index in [4.69, 9.17) is 21.4 Å². The number of aliphatic carboxylic acids is 1. The predicted molar refractivity (Wildman–Crippen MR) is 76.4 cm³/mol. The molecular weight excluding hydrogens is 294 g/mol. The van der Waals surface area contributed by atoms with Crippen molar-refractivity contribution >= 4 is 23.5 Å². The van der Waals surface area contributed by atoms with Gasteiger partial charge in [-0.25, -0.2) is 0 Å². The Morgan fingerprint density at radius 1 is 1.33 bits per heavy atom. The number of hydrogen-bond acceptors (Lipinski definition) is 3. The summed E-state index contributed by atoms with van der Waals surface area (Å²) in [6, 6.07) is 5.01. The summed E-state index contributed by atoms with van der Waals surface area (Å²) in [5.74, 6) is -0.967. The van der Waals surface area contributed by atoms with E-state index < -0.39 is 18.0 Å². The molecule has 3 unspecified atom stereocenters. The Morgan fingerprint density at radius 3 is 2.86 bits per heavy atom. The summed E-state index contributed by atoms with van der Waals surface area (Å²) < 4.78 is 5.60. The van der Waals surface area contributed by atoms with Crippen LogP contribution in [0.15, 0.2) is 30.4 Å². The third kappa shape index (κ3) is 2.88. The molecule has 1 aliphatic heterocycles. The Morgan fingerprint density at radius 2 is 2.14 bits per heavy atom. The van der Waals surface area contributed by atoms with Gasteiger partial charge in [0, 0.05) is 17.5 Å². The lowest BCUT2D eigenvalue weighted by Gasteiger charge is -2.15. The molecule has 1 heterocycles. The molecule has 1 amide bonds. The van der Waals surface area contributed by atoms with Crippen LogP contribution in [0, 0.1) is 5.92 Å². The first kappa shape index (κ1) is 13.9. The van der Waals surface area contributed by atoms with E-state index >= 15 is 0 Å². The van der Waals surface area contributed by atoms with Crippen molar-refractivity contribution in [3.05, 3.63) is 40.9 Å². The van der Waals surface area contributed by atoms with Gasteiger partial charge in [0.15, 0.2) is 6.10 Å². The number of carbonyl (C=O) groups excluding carboxylic acids is 1. The SMILES string of the molecule is O=C(O)C1C=CC(NC(=O)C2Cc3cc(Cl)ccc3O2)C1. The van der Waals surface area contributed by atoms with Crippen LogP contribution in [0.25, 0.3) is 0 Å². The van der Waals surface area contributed by atoms with Gasteiger partial charge in [-0.2, -0.15) is 0 Å². The largest absolute Gasteiger partial charge is 0.481 e. The van der Waals surface area contributed by atoms with E-state index in [9.17, 15) is 9.59 Å². The molecule has 5 nitrogen and oxygen atoms in total. The first-order valence-electron chi connectivity index (χ1n) is 6.69. The van der Waals surface area contributed by atoms with Crippen LogP contribution >= 0.6 is 11.6 Å². The highest BCUT2D eigenvalue weighted by atomic mass is 35.5. The van der Waals surface area contributed by atoms with E-state index in [-0.39, 0.29) is 11.9 Å². The molecule has 2 aliphatic rings. The number of nitrogens with one attached hydrogen (secondary N) is 1. The second-order valence-electron chi connectivity index (χ2n) is 5.24. The molecule has 3 rings (SSSR count). The Hall–Kier alpha value is -2.01. The van der Waals surface area contributed by atoms with E-state index in [0.717, 1.165) is 5.56 Å². The third-order valence-electron chi connectivity index (χ3n) is 3.72. The second kappa shape index (κ2) is 5.41. The van der Waals surface area contributed by atoms with Crippen LogP contribution in [0.1, 0.15) is 12.0 Å². The molecule has 110 valence electrons. The number of carboxylic acid groups (broad SMARTS) is 1. The van der Waals surface area contributed by atoms with E-state index in [1.165, 1.54) is 0 Å². The van der Waals surface area contributed by atoms with Gasteiger partial charge < -0.3 is 15.2 Å². The number of amides is 1. The monoisotopic (exact) mass is 307 g/mol. The highest BCUT2D eigenvalue weighted by Crippen LogP contribution is 2.31. The van der Waals surface area contributed by atoms with Crippen LogP contribution < -0.4 is 10.1 Å². The zero-order valence-corrected chi connectivity index (χ0v) is 11.8. The van der Waals surface area contributed by atoms with Gasteiger partial charge in [-0.15, -0.1) is 0 Å². The third-order valence-corrected chi connectivity index (χ3v) is 3.95. The van der Waals surface area contributed by atoms with E-state index in [1.54, 1.807) is 30.4 Å². The van der Waals surface area contributed by atoms with Crippen LogP contribution in [-0.4, -0.2) is 29.1 Å². The number of carboxylic acids is 1. The fourth-order valence-corrected chi connectivity index (χ4v) is 2.82. The van der Waals surface area contributed by atoms with Crippen LogP contribution in [0.3, 0.4) is 0 Å². The lowest BCUT2D eigenvalue weighted by atomic mass is 10.1. The fourth-order valence-electron chi connectivity index (χ4n) is 2.63. The molecule has 1 aromatic carbocycles. The minimum absolute atomic E-state index is 0.233. The van der Waals surface area contributed by atoms with Crippen molar-refractivity contribution in [3.63, 3.8) is 0 Å². The van der Waals surface area contributed by atoms with Crippen molar-refractivity contribution in [2.24, 2.45) is 5.92 Å². The first-order valence-corrected chi connectivity index (χ1v) is 7.07. The Labute approximate surface area is 126 Å². The van der Waals surface area contributed by atoms with Gasteiger partial charge in [-0.1, -0.05) is 23.8 Å². The molecule has 2 N–H and O–H groups in total. The van der Waals surface area contributed by atoms with Crippen molar-refractivity contribution in [2.75, 3.05) is 0 Å². The molecule has 0 fully saturated rings. The average Bonchev–Trinajstić information content (AvgIpc) is 3.04.